The normalized spacial score (nSPS) is 11.8. The molecule has 0 aliphatic carbocycles. The van der Waals surface area contributed by atoms with Crippen LogP contribution >= 0.6 is 0 Å². The van der Waals surface area contributed by atoms with E-state index in [0.29, 0.717) is 0 Å². The molecule has 5 nitrogen and oxygen atoms in total. The van der Waals surface area contributed by atoms with E-state index < -0.39 is 0 Å². The smallest absolute Gasteiger partial charge is 0.137 e. The van der Waals surface area contributed by atoms with Crippen LogP contribution in [0.2, 0.25) is 0 Å². The summed E-state index contributed by atoms with van der Waals surface area (Å²) >= 11 is 0. The van der Waals surface area contributed by atoms with Crippen molar-refractivity contribution in [2.24, 2.45) is 0 Å². The quantitative estimate of drug-likeness (QED) is 0.170. The molecule has 5 heteroatoms. The van der Waals surface area contributed by atoms with Gasteiger partial charge in [0.15, 0.2) is 0 Å². The Labute approximate surface area is 304 Å². The van der Waals surface area contributed by atoms with Crippen molar-refractivity contribution in [2.45, 2.75) is 0 Å². The van der Waals surface area contributed by atoms with Gasteiger partial charge in [0.05, 0.1) is 5.69 Å². The van der Waals surface area contributed by atoms with E-state index in [1.807, 2.05) is 30.3 Å². The number of benzene rings is 9. The molecule has 0 aliphatic heterocycles. The fourth-order valence-corrected chi connectivity index (χ4v) is 7.88. The molecule has 0 N–H and O–H groups in total. The predicted octanol–water partition coefficient (Wildman–Crippen LogP) is 12.9. The highest BCUT2D eigenvalue weighted by Gasteiger charge is 2.17. The maximum Gasteiger partial charge on any atom is 0.137 e. The van der Waals surface area contributed by atoms with Gasteiger partial charge >= 0.3 is 0 Å². The van der Waals surface area contributed by atoms with Gasteiger partial charge < -0.3 is 9.32 Å². The molecule has 0 radical (unpaired) electrons. The summed E-state index contributed by atoms with van der Waals surface area (Å²) in [5.74, 6) is 0. The molecule has 0 amide bonds. The summed E-state index contributed by atoms with van der Waals surface area (Å²) < 4.78 is 6.47. The van der Waals surface area contributed by atoms with Crippen LogP contribution in [0.1, 0.15) is 0 Å². The Kier molecular flexibility index (Phi) is 6.48. The van der Waals surface area contributed by atoms with Gasteiger partial charge in [0.1, 0.15) is 22.2 Å². The van der Waals surface area contributed by atoms with Crippen molar-refractivity contribution in [3.05, 3.63) is 182 Å². The van der Waals surface area contributed by atoms with E-state index in [9.17, 15) is 0 Å². The fraction of sp³-hybridized carbons (Fsp3) is 0. The van der Waals surface area contributed by atoms with Crippen LogP contribution in [0.15, 0.2) is 186 Å². The molecule has 53 heavy (non-hydrogen) atoms. The molecule has 0 saturated heterocycles. The molecule has 2 aromatic heterocycles. The SMILES string of the molecule is c1ccc(N(c2ccc(-c3ccc4c(ccc5ccc6nn(-c7ccccc7)nc6c54)c3)cc2)c2ccc3c(c2)oc2ccc4ccccc4c23)cc1. The topological polar surface area (TPSA) is 47.1 Å². The summed E-state index contributed by atoms with van der Waals surface area (Å²) in [7, 11) is 0. The molecular formula is C48H30N4O. The van der Waals surface area contributed by atoms with Crippen LogP contribution in [0.5, 0.6) is 0 Å². The lowest BCUT2D eigenvalue weighted by Crippen LogP contribution is -2.09. The second-order valence-electron chi connectivity index (χ2n) is 13.5. The van der Waals surface area contributed by atoms with Crippen molar-refractivity contribution in [1.29, 1.82) is 0 Å². The molecule has 0 saturated carbocycles. The lowest BCUT2D eigenvalue weighted by Gasteiger charge is -2.25. The Morgan fingerprint density at radius 2 is 1.08 bits per heavy atom. The van der Waals surface area contributed by atoms with Crippen LogP contribution in [0, 0.1) is 0 Å². The molecule has 0 spiro atoms. The lowest BCUT2D eigenvalue weighted by molar-refractivity contribution is 0.669. The molecule has 0 fully saturated rings. The highest BCUT2D eigenvalue weighted by molar-refractivity contribution is 6.20. The summed E-state index contributed by atoms with van der Waals surface area (Å²) in [6.07, 6.45) is 0. The number of para-hydroxylation sites is 2. The summed E-state index contributed by atoms with van der Waals surface area (Å²) in [5, 5.41) is 19.1. The first kappa shape index (κ1) is 29.5. The number of hydrogen-bond donors (Lipinski definition) is 0. The first-order chi connectivity index (χ1) is 26.2. The monoisotopic (exact) mass is 678 g/mol. The summed E-state index contributed by atoms with van der Waals surface area (Å²) in [4.78, 5) is 4.02. The minimum atomic E-state index is 0.870. The van der Waals surface area contributed by atoms with Gasteiger partial charge in [-0.25, -0.2) is 0 Å². The lowest BCUT2D eigenvalue weighted by atomic mass is 9.96. The minimum Gasteiger partial charge on any atom is -0.456 e. The van der Waals surface area contributed by atoms with Gasteiger partial charge in [-0.05, 0) is 105 Å². The van der Waals surface area contributed by atoms with Gasteiger partial charge in [0.2, 0.25) is 0 Å². The van der Waals surface area contributed by atoms with Gasteiger partial charge in [0.25, 0.3) is 0 Å². The third kappa shape index (κ3) is 4.79. The number of fused-ring (bicyclic) bond motifs is 10. The molecular weight excluding hydrogens is 649 g/mol. The number of hydrogen-bond acceptors (Lipinski definition) is 4. The Morgan fingerprint density at radius 1 is 0.415 bits per heavy atom. The second kappa shape index (κ2) is 11.7. The number of nitrogens with zero attached hydrogens (tertiary/aromatic N) is 4. The van der Waals surface area contributed by atoms with Crippen LogP contribution in [0.4, 0.5) is 17.1 Å². The van der Waals surface area contributed by atoms with Crippen molar-refractivity contribution in [3.8, 4) is 16.8 Å². The number of furan rings is 1. The van der Waals surface area contributed by atoms with E-state index in [0.717, 1.165) is 83.0 Å². The fourth-order valence-electron chi connectivity index (χ4n) is 7.88. The third-order valence-electron chi connectivity index (χ3n) is 10.4. The van der Waals surface area contributed by atoms with Crippen LogP contribution in [-0.4, -0.2) is 15.0 Å². The van der Waals surface area contributed by atoms with Gasteiger partial charge in [-0.2, -0.15) is 4.80 Å². The second-order valence-corrected chi connectivity index (χ2v) is 13.5. The van der Waals surface area contributed by atoms with Crippen molar-refractivity contribution >= 4 is 82.4 Å². The summed E-state index contributed by atoms with van der Waals surface area (Å²) in [6.45, 7) is 0. The van der Waals surface area contributed by atoms with E-state index in [4.69, 9.17) is 14.6 Å². The van der Waals surface area contributed by atoms with Crippen molar-refractivity contribution in [1.82, 2.24) is 15.0 Å². The van der Waals surface area contributed by atoms with Gasteiger partial charge in [-0.3, -0.25) is 0 Å². The standard InChI is InChI=1S/C48H30N4O/c1-3-10-36(11-4-1)51(39-24-26-42-45(30-39)53-44-28-21-32-9-7-8-14-40(32)47(42)44)37-22-17-31(18-23-37)34-19-25-41-35(29-34)16-15-33-20-27-43-48(46(33)41)50-52(49-43)38-12-5-2-6-13-38/h1-30H. The molecule has 11 aromatic rings. The Balaban J connectivity index is 0.983. The number of aromatic nitrogens is 3. The van der Waals surface area contributed by atoms with Crippen molar-refractivity contribution in [3.63, 3.8) is 0 Å². The van der Waals surface area contributed by atoms with E-state index in [2.05, 4.69) is 157 Å². The molecule has 9 aromatic carbocycles. The molecule has 11 rings (SSSR count). The first-order valence-corrected chi connectivity index (χ1v) is 17.8. The summed E-state index contributed by atoms with van der Waals surface area (Å²) in [5.41, 5.74) is 9.99. The molecule has 0 unspecified atom stereocenters. The number of rotatable bonds is 5. The van der Waals surface area contributed by atoms with Gasteiger partial charge in [0, 0.05) is 39.3 Å². The largest absolute Gasteiger partial charge is 0.456 e. The average molecular weight is 679 g/mol. The average Bonchev–Trinajstić information content (AvgIpc) is 3.84. The molecule has 2 heterocycles. The van der Waals surface area contributed by atoms with Gasteiger partial charge in [-0.15, -0.1) is 10.2 Å². The molecule has 0 bridgehead atoms. The zero-order valence-electron chi connectivity index (χ0n) is 28.5. The van der Waals surface area contributed by atoms with Crippen molar-refractivity contribution < 1.29 is 4.42 Å². The zero-order chi connectivity index (χ0) is 34.9. The van der Waals surface area contributed by atoms with E-state index in [1.165, 1.54) is 16.2 Å². The van der Waals surface area contributed by atoms with Crippen molar-refractivity contribution in [2.75, 3.05) is 4.90 Å². The molecule has 0 aliphatic rings. The Bertz CT molecular complexity index is 3160. The minimum absolute atomic E-state index is 0.870. The van der Waals surface area contributed by atoms with Gasteiger partial charge in [-0.1, -0.05) is 109 Å². The van der Waals surface area contributed by atoms with Crippen LogP contribution < -0.4 is 4.90 Å². The highest BCUT2D eigenvalue weighted by Crippen LogP contribution is 2.41. The zero-order valence-corrected chi connectivity index (χ0v) is 28.5. The van der Waals surface area contributed by atoms with E-state index in [1.54, 1.807) is 4.80 Å². The summed E-state index contributed by atoms with van der Waals surface area (Å²) in [6, 6.07) is 64.0. The highest BCUT2D eigenvalue weighted by atomic mass is 16.3. The van der Waals surface area contributed by atoms with Crippen LogP contribution in [0.25, 0.3) is 82.1 Å². The van der Waals surface area contributed by atoms with E-state index in [-0.39, 0.29) is 0 Å². The van der Waals surface area contributed by atoms with Crippen LogP contribution in [0.3, 0.4) is 0 Å². The third-order valence-corrected chi connectivity index (χ3v) is 10.4. The predicted molar refractivity (Wildman–Crippen MR) is 219 cm³/mol. The maximum atomic E-state index is 6.47. The van der Waals surface area contributed by atoms with E-state index >= 15 is 0 Å². The maximum absolute atomic E-state index is 6.47. The first-order valence-electron chi connectivity index (χ1n) is 17.8. The Hall–Kier alpha value is -7.24. The van der Waals surface area contributed by atoms with Crippen LogP contribution in [-0.2, 0) is 0 Å². The Morgan fingerprint density at radius 3 is 1.94 bits per heavy atom. The number of anilines is 3. The molecule has 248 valence electrons. The molecule has 0 atom stereocenters.